The summed E-state index contributed by atoms with van der Waals surface area (Å²) in [6.45, 7) is 3.90. The van der Waals surface area contributed by atoms with E-state index in [1.165, 1.54) is 0 Å². The van der Waals surface area contributed by atoms with E-state index in [1.54, 1.807) is 7.11 Å². The van der Waals surface area contributed by atoms with Gasteiger partial charge in [0.05, 0.1) is 13.7 Å². The van der Waals surface area contributed by atoms with Crippen LogP contribution in [-0.4, -0.2) is 26.9 Å². The van der Waals surface area contributed by atoms with Gasteiger partial charge in [-0.05, 0) is 42.3 Å². The minimum atomic E-state index is 0.578. The Labute approximate surface area is 132 Å². The monoisotopic (exact) mass is 298 g/mol. The fourth-order valence-corrected chi connectivity index (χ4v) is 1.95. The Kier molecular flexibility index (Phi) is 6.52. The molecule has 0 bridgehead atoms. The van der Waals surface area contributed by atoms with Crippen molar-refractivity contribution in [3.8, 4) is 11.5 Å². The van der Waals surface area contributed by atoms with E-state index in [2.05, 4.69) is 12.2 Å². The van der Waals surface area contributed by atoms with Gasteiger partial charge in [0, 0.05) is 6.61 Å². The van der Waals surface area contributed by atoms with Gasteiger partial charge in [-0.2, -0.15) is 0 Å². The van der Waals surface area contributed by atoms with E-state index in [4.69, 9.17) is 14.2 Å². The second-order valence-electron chi connectivity index (χ2n) is 4.72. The summed E-state index contributed by atoms with van der Waals surface area (Å²) in [5, 5.41) is 0. The van der Waals surface area contributed by atoms with Crippen LogP contribution in [0.2, 0.25) is 0 Å². The molecule has 2 rings (SSSR count). The van der Waals surface area contributed by atoms with Crippen LogP contribution in [0, 0.1) is 0 Å². The lowest BCUT2D eigenvalue weighted by atomic mass is 10.1. The third-order valence-corrected chi connectivity index (χ3v) is 3.16. The largest absolute Gasteiger partial charge is 0.497 e. The van der Waals surface area contributed by atoms with E-state index in [0.717, 1.165) is 29.2 Å². The summed E-state index contributed by atoms with van der Waals surface area (Å²) in [5.74, 6) is 1.73. The maximum absolute atomic E-state index is 5.59. The first-order chi connectivity index (χ1) is 10.8. The zero-order valence-electron chi connectivity index (χ0n) is 13.1. The molecule has 2 aromatic carbocycles. The van der Waals surface area contributed by atoms with Crippen LogP contribution in [0.5, 0.6) is 11.5 Å². The molecule has 0 saturated carbocycles. The standard InChI is InChI=1S/C19H22O3/c1-3-21-14-15-22-19-12-8-17(9-13-19)5-4-16-6-10-18(20-2)11-7-16/h4-13H,3,14-15H2,1-2H3. The number of methoxy groups -OCH3 is 1. The number of hydrogen-bond acceptors (Lipinski definition) is 3. The van der Waals surface area contributed by atoms with E-state index in [1.807, 2.05) is 55.5 Å². The highest BCUT2D eigenvalue weighted by Crippen LogP contribution is 2.16. The molecular formula is C19H22O3. The first-order valence-electron chi connectivity index (χ1n) is 7.44. The molecule has 0 atom stereocenters. The van der Waals surface area contributed by atoms with Gasteiger partial charge in [0.1, 0.15) is 18.1 Å². The molecule has 0 fully saturated rings. The SMILES string of the molecule is CCOCCOc1ccc(C=Cc2ccc(OC)cc2)cc1. The minimum Gasteiger partial charge on any atom is -0.497 e. The lowest BCUT2D eigenvalue weighted by Gasteiger charge is -2.06. The molecule has 2 aromatic rings. The average molecular weight is 298 g/mol. The molecule has 0 radical (unpaired) electrons. The van der Waals surface area contributed by atoms with Crippen LogP contribution < -0.4 is 9.47 Å². The Balaban J connectivity index is 1.88. The predicted molar refractivity (Wildman–Crippen MR) is 90.4 cm³/mol. The summed E-state index contributed by atoms with van der Waals surface area (Å²) in [7, 11) is 1.67. The fourth-order valence-electron chi connectivity index (χ4n) is 1.95. The highest BCUT2D eigenvalue weighted by atomic mass is 16.5. The molecule has 0 aliphatic heterocycles. The molecule has 0 amide bonds. The van der Waals surface area contributed by atoms with Gasteiger partial charge in [0.2, 0.25) is 0 Å². The number of rotatable bonds is 8. The van der Waals surface area contributed by atoms with Crippen LogP contribution in [0.25, 0.3) is 12.2 Å². The highest BCUT2D eigenvalue weighted by molar-refractivity contribution is 5.70. The van der Waals surface area contributed by atoms with E-state index in [-0.39, 0.29) is 0 Å². The van der Waals surface area contributed by atoms with Crippen molar-refractivity contribution in [1.29, 1.82) is 0 Å². The molecule has 3 heteroatoms. The van der Waals surface area contributed by atoms with Crippen molar-refractivity contribution in [1.82, 2.24) is 0 Å². The van der Waals surface area contributed by atoms with Crippen LogP contribution >= 0.6 is 0 Å². The number of benzene rings is 2. The Morgan fingerprint density at radius 3 is 1.82 bits per heavy atom. The van der Waals surface area contributed by atoms with Crippen molar-refractivity contribution < 1.29 is 14.2 Å². The van der Waals surface area contributed by atoms with Gasteiger partial charge in [-0.15, -0.1) is 0 Å². The van der Waals surface area contributed by atoms with Gasteiger partial charge in [-0.3, -0.25) is 0 Å². The summed E-state index contributed by atoms with van der Waals surface area (Å²) in [4.78, 5) is 0. The number of ether oxygens (including phenoxy) is 3. The van der Waals surface area contributed by atoms with Crippen molar-refractivity contribution in [2.75, 3.05) is 26.9 Å². The molecule has 0 aromatic heterocycles. The zero-order valence-corrected chi connectivity index (χ0v) is 13.1. The summed E-state index contributed by atoms with van der Waals surface area (Å²) in [6, 6.07) is 16.0. The Morgan fingerprint density at radius 1 is 0.773 bits per heavy atom. The van der Waals surface area contributed by atoms with Gasteiger partial charge in [0.15, 0.2) is 0 Å². The highest BCUT2D eigenvalue weighted by Gasteiger charge is 1.94. The van der Waals surface area contributed by atoms with Crippen LogP contribution in [0.15, 0.2) is 48.5 Å². The Hall–Kier alpha value is -2.26. The molecule has 3 nitrogen and oxygen atoms in total. The molecule has 0 aliphatic rings. The molecular weight excluding hydrogens is 276 g/mol. The quantitative estimate of drug-likeness (QED) is 0.538. The normalized spacial score (nSPS) is 10.8. The maximum Gasteiger partial charge on any atom is 0.119 e. The van der Waals surface area contributed by atoms with Crippen molar-refractivity contribution in [3.05, 3.63) is 59.7 Å². The van der Waals surface area contributed by atoms with E-state index in [0.29, 0.717) is 13.2 Å². The lowest BCUT2D eigenvalue weighted by molar-refractivity contribution is 0.110. The molecule has 116 valence electrons. The van der Waals surface area contributed by atoms with Gasteiger partial charge < -0.3 is 14.2 Å². The molecule has 0 saturated heterocycles. The van der Waals surface area contributed by atoms with Crippen molar-refractivity contribution in [3.63, 3.8) is 0 Å². The van der Waals surface area contributed by atoms with E-state index >= 15 is 0 Å². The van der Waals surface area contributed by atoms with Crippen LogP contribution in [0.3, 0.4) is 0 Å². The molecule has 0 spiro atoms. The second kappa shape index (κ2) is 8.90. The molecule has 0 unspecified atom stereocenters. The fraction of sp³-hybridized carbons (Fsp3) is 0.263. The average Bonchev–Trinajstić information content (AvgIpc) is 2.58. The maximum atomic E-state index is 5.59. The first kappa shape index (κ1) is 16.1. The van der Waals surface area contributed by atoms with Crippen LogP contribution in [0.4, 0.5) is 0 Å². The second-order valence-corrected chi connectivity index (χ2v) is 4.72. The third kappa shape index (κ3) is 5.26. The van der Waals surface area contributed by atoms with Gasteiger partial charge in [0.25, 0.3) is 0 Å². The molecule has 22 heavy (non-hydrogen) atoms. The Bertz CT molecular complexity index is 571. The van der Waals surface area contributed by atoms with Crippen molar-refractivity contribution in [2.45, 2.75) is 6.92 Å². The minimum absolute atomic E-state index is 0.578. The molecule has 0 N–H and O–H groups in total. The Morgan fingerprint density at radius 2 is 1.32 bits per heavy atom. The topological polar surface area (TPSA) is 27.7 Å². The third-order valence-electron chi connectivity index (χ3n) is 3.16. The van der Waals surface area contributed by atoms with E-state index < -0.39 is 0 Å². The molecule has 0 aliphatic carbocycles. The van der Waals surface area contributed by atoms with Gasteiger partial charge in [-0.25, -0.2) is 0 Å². The lowest BCUT2D eigenvalue weighted by Crippen LogP contribution is -2.06. The van der Waals surface area contributed by atoms with Gasteiger partial charge in [-0.1, -0.05) is 36.4 Å². The van der Waals surface area contributed by atoms with Gasteiger partial charge >= 0.3 is 0 Å². The molecule has 0 heterocycles. The smallest absolute Gasteiger partial charge is 0.119 e. The van der Waals surface area contributed by atoms with Crippen LogP contribution in [0.1, 0.15) is 18.1 Å². The van der Waals surface area contributed by atoms with Crippen molar-refractivity contribution >= 4 is 12.2 Å². The van der Waals surface area contributed by atoms with Crippen molar-refractivity contribution in [2.24, 2.45) is 0 Å². The number of hydrogen-bond donors (Lipinski definition) is 0. The summed E-state index contributed by atoms with van der Waals surface area (Å²) < 4.78 is 16.0. The van der Waals surface area contributed by atoms with Crippen LogP contribution in [-0.2, 0) is 4.74 Å². The summed E-state index contributed by atoms with van der Waals surface area (Å²) >= 11 is 0. The summed E-state index contributed by atoms with van der Waals surface area (Å²) in [5.41, 5.74) is 2.27. The van der Waals surface area contributed by atoms with E-state index in [9.17, 15) is 0 Å². The zero-order chi connectivity index (χ0) is 15.6. The predicted octanol–water partition coefficient (Wildman–Crippen LogP) is 4.28. The summed E-state index contributed by atoms with van der Waals surface area (Å²) in [6.07, 6.45) is 4.15. The first-order valence-corrected chi connectivity index (χ1v) is 7.44.